The highest BCUT2D eigenvalue weighted by Crippen LogP contribution is 2.16. The summed E-state index contributed by atoms with van der Waals surface area (Å²) in [5, 5.41) is 4.06. The van der Waals surface area contributed by atoms with Crippen molar-refractivity contribution in [3.63, 3.8) is 0 Å². The number of rotatable bonds is 4. The zero-order valence-corrected chi connectivity index (χ0v) is 10.5. The van der Waals surface area contributed by atoms with Gasteiger partial charge in [0, 0.05) is 5.38 Å². The minimum atomic E-state index is -0.481. The van der Waals surface area contributed by atoms with Crippen molar-refractivity contribution < 1.29 is 9.59 Å². The highest BCUT2D eigenvalue weighted by molar-refractivity contribution is 7.14. The monoisotopic (exact) mass is 288 g/mol. The molecule has 1 aromatic heterocycles. The van der Waals surface area contributed by atoms with Gasteiger partial charge in [-0.05, 0) is 11.6 Å². The van der Waals surface area contributed by atoms with Crippen molar-refractivity contribution in [2.45, 2.75) is 6.42 Å². The van der Waals surface area contributed by atoms with Gasteiger partial charge in [0.15, 0.2) is 5.13 Å². The van der Waals surface area contributed by atoms with Crippen molar-refractivity contribution in [2.24, 2.45) is 0 Å². The lowest BCUT2D eigenvalue weighted by atomic mass is 10.4. The molecule has 1 heterocycles. The molecule has 0 spiro atoms. The van der Waals surface area contributed by atoms with Gasteiger partial charge < -0.3 is 5.32 Å². The molecule has 1 aromatic rings. The number of amides is 1. The summed E-state index contributed by atoms with van der Waals surface area (Å²) in [6.07, 6.45) is 0.0643. The van der Waals surface area contributed by atoms with E-state index in [2.05, 4.69) is 10.3 Å². The van der Waals surface area contributed by atoms with Gasteiger partial charge in [0.2, 0.25) is 11.1 Å². The fourth-order valence-corrected chi connectivity index (χ4v) is 1.67. The highest BCUT2D eigenvalue weighted by atomic mass is 35.5. The number of halogens is 3. The Morgan fingerprint density at radius 1 is 1.53 bits per heavy atom. The van der Waals surface area contributed by atoms with Gasteiger partial charge in [-0.15, -0.1) is 35.3 Å². The Kier molecular flexibility index (Phi) is 6.84. The Morgan fingerprint density at radius 3 is 2.73 bits per heavy atom. The number of carbonyl (C=O) groups excluding carboxylic acids is 2. The van der Waals surface area contributed by atoms with Crippen molar-refractivity contribution in [1.82, 2.24) is 4.98 Å². The van der Waals surface area contributed by atoms with Crippen LogP contribution in [0.2, 0.25) is 0 Å². The van der Waals surface area contributed by atoms with Gasteiger partial charge >= 0.3 is 0 Å². The standard InChI is InChI=1S/C7H6Cl2N2O2S.ClH/c8-2-6(13)11-7-10-4(3-14-7)1-5(9)12;/h3H,1-2H2,(H,10,11,13);1H. The maximum atomic E-state index is 10.8. The first-order chi connectivity index (χ1) is 6.61. The van der Waals surface area contributed by atoms with Crippen LogP contribution >= 0.6 is 46.9 Å². The highest BCUT2D eigenvalue weighted by Gasteiger charge is 2.07. The van der Waals surface area contributed by atoms with E-state index < -0.39 is 5.24 Å². The molecule has 0 aromatic carbocycles. The summed E-state index contributed by atoms with van der Waals surface area (Å²) in [4.78, 5) is 25.3. The molecule has 0 radical (unpaired) electrons. The van der Waals surface area contributed by atoms with Crippen molar-refractivity contribution in [2.75, 3.05) is 11.2 Å². The third-order valence-corrected chi connectivity index (χ3v) is 2.42. The van der Waals surface area contributed by atoms with Crippen LogP contribution in [-0.4, -0.2) is 22.0 Å². The van der Waals surface area contributed by atoms with Gasteiger partial charge in [0.05, 0.1) is 12.1 Å². The SMILES string of the molecule is Cl.O=C(Cl)Cc1csc(NC(=O)CCl)n1. The second-order valence-corrected chi connectivity index (χ2v) is 3.90. The maximum Gasteiger partial charge on any atom is 0.241 e. The topological polar surface area (TPSA) is 59.1 Å². The largest absolute Gasteiger partial charge is 0.301 e. The molecule has 0 bridgehead atoms. The lowest BCUT2D eigenvalue weighted by molar-refractivity contribution is -0.114. The number of thiazole rings is 1. The molecular formula is C7H7Cl3N2O2S. The minimum absolute atomic E-state index is 0. The first-order valence-electron chi connectivity index (χ1n) is 3.60. The molecule has 0 aliphatic heterocycles. The number of anilines is 1. The zero-order valence-electron chi connectivity index (χ0n) is 7.33. The second kappa shape index (κ2) is 7.00. The normalized spacial score (nSPS) is 9.20. The molecular weight excluding hydrogens is 283 g/mol. The summed E-state index contributed by atoms with van der Waals surface area (Å²) in [6.45, 7) is 0. The molecule has 0 aliphatic carbocycles. The molecule has 1 N–H and O–H groups in total. The molecule has 0 saturated heterocycles. The number of alkyl halides is 1. The van der Waals surface area contributed by atoms with E-state index in [0.29, 0.717) is 10.8 Å². The van der Waals surface area contributed by atoms with Crippen LogP contribution in [0.5, 0.6) is 0 Å². The summed E-state index contributed by atoms with van der Waals surface area (Å²) in [5.74, 6) is -0.451. The van der Waals surface area contributed by atoms with Crippen LogP contribution in [0.15, 0.2) is 5.38 Å². The molecule has 8 heteroatoms. The second-order valence-electron chi connectivity index (χ2n) is 2.36. The van der Waals surface area contributed by atoms with Gasteiger partial charge in [0.25, 0.3) is 0 Å². The number of hydrogen-bond acceptors (Lipinski definition) is 4. The Labute approximate surface area is 106 Å². The third kappa shape index (κ3) is 5.32. The van der Waals surface area contributed by atoms with E-state index in [0.717, 1.165) is 0 Å². The molecule has 0 saturated carbocycles. The summed E-state index contributed by atoms with van der Waals surface area (Å²) in [7, 11) is 0. The molecule has 84 valence electrons. The number of hydrogen-bond donors (Lipinski definition) is 1. The van der Waals surface area contributed by atoms with Gasteiger partial charge in [-0.2, -0.15) is 0 Å². The average Bonchev–Trinajstić information content (AvgIpc) is 2.51. The van der Waals surface area contributed by atoms with E-state index in [-0.39, 0.29) is 30.6 Å². The maximum absolute atomic E-state index is 10.8. The third-order valence-electron chi connectivity index (χ3n) is 1.24. The number of nitrogens with zero attached hydrogens (tertiary/aromatic N) is 1. The van der Waals surface area contributed by atoms with Crippen LogP contribution in [-0.2, 0) is 16.0 Å². The van der Waals surface area contributed by atoms with Crippen LogP contribution < -0.4 is 5.32 Å². The Balaban J connectivity index is 0.00000196. The molecule has 1 rings (SSSR count). The lowest BCUT2D eigenvalue weighted by Gasteiger charge is -1.95. The summed E-state index contributed by atoms with van der Waals surface area (Å²) >= 11 is 11.7. The lowest BCUT2D eigenvalue weighted by Crippen LogP contribution is -2.12. The predicted octanol–water partition coefficient (Wildman–Crippen LogP) is 2.05. The van der Waals surface area contributed by atoms with Crippen LogP contribution in [0.1, 0.15) is 5.69 Å². The molecule has 1 amide bonds. The van der Waals surface area contributed by atoms with Gasteiger partial charge in [0.1, 0.15) is 5.88 Å². The van der Waals surface area contributed by atoms with Crippen molar-refractivity contribution >= 4 is 63.2 Å². The van der Waals surface area contributed by atoms with Gasteiger partial charge in [-0.1, -0.05) is 0 Å². The Bertz CT molecular complexity index is 356. The molecule has 0 aliphatic rings. The Morgan fingerprint density at radius 2 is 2.20 bits per heavy atom. The summed E-state index contributed by atoms with van der Waals surface area (Å²) < 4.78 is 0. The van der Waals surface area contributed by atoms with Crippen molar-refractivity contribution in [3.8, 4) is 0 Å². The van der Waals surface area contributed by atoms with E-state index in [9.17, 15) is 9.59 Å². The first-order valence-corrected chi connectivity index (χ1v) is 5.39. The molecule has 15 heavy (non-hydrogen) atoms. The van der Waals surface area contributed by atoms with Crippen LogP contribution in [0.3, 0.4) is 0 Å². The van der Waals surface area contributed by atoms with E-state index >= 15 is 0 Å². The number of aromatic nitrogens is 1. The van der Waals surface area contributed by atoms with Gasteiger partial charge in [-0.3, -0.25) is 9.59 Å². The molecule has 0 atom stereocenters. The number of carbonyl (C=O) groups is 2. The summed E-state index contributed by atoms with van der Waals surface area (Å²) in [6, 6.07) is 0. The van der Waals surface area contributed by atoms with Crippen molar-refractivity contribution in [1.29, 1.82) is 0 Å². The first kappa shape index (κ1) is 14.6. The molecule has 4 nitrogen and oxygen atoms in total. The number of nitrogens with one attached hydrogen (secondary N) is 1. The fraction of sp³-hybridized carbons (Fsp3) is 0.286. The summed E-state index contributed by atoms with van der Waals surface area (Å²) in [5.41, 5.74) is 0.542. The van der Waals surface area contributed by atoms with E-state index in [1.165, 1.54) is 11.3 Å². The minimum Gasteiger partial charge on any atom is -0.301 e. The average molecular weight is 290 g/mol. The van der Waals surface area contributed by atoms with Crippen molar-refractivity contribution in [3.05, 3.63) is 11.1 Å². The predicted molar refractivity (Wildman–Crippen MR) is 63.3 cm³/mol. The van der Waals surface area contributed by atoms with E-state index in [1.807, 2.05) is 0 Å². The van der Waals surface area contributed by atoms with Gasteiger partial charge in [-0.25, -0.2) is 4.98 Å². The Hall–Kier alpha value is -0.360. The quantitative estimate of drug-likeness (QED) is 0.682. The van der Waals surface area contributed by atoms with E-state index in [4.69, 9.17) is 23.2 Å². The van der Waals surface area contributed by atoms with E-state index in [1.54, 1.807) is 5.38 Å². The molecule has 0 unspecified atom stereocenters. The zero-order chi connectivity index (χ0) is 10.6. The smallest absolute Gasteiger partial charge is 0.241 e. The molecule has 0 fully saturated rings. The van der Waals surface area contributed by atoms with Crippen LogP contribution in [0.4, 0.5) is 5.13 Å². The van der Waals surface area contributed by atoms with Crippen LogP contribution in [0, 0.1) is 0 Å². The fourth-order valence-electron chi connectivity index (χ4n) is 0.741. The van der Waals surface area contributed by atoms with Crippen LogP contribution in [0.25, 0.3) is 0 Å².